The van der Waals surface area contributed by atoms with E-state index < -0.39 is 0 Å². The van der Waals surface area contributed by atoms with Crippen molar-refractivity contribution in [3.8, 4) is 28.4 Å². The van der Waals surface area contributed by atoms with Crippen LogP contribution in [0.25, 0.3) is 32.9 Å². The van der Waals surface area contributed by atoms with Crippen LogP contribution in [-0.2, 0) is 0 Å². The molecule has 124 valence electrons. The highest BCUT2D eigenvalue weighted by molar-refractivity contribution is 7.17. The topological polar surface area (TPSA) is 67.9 Å². The smallest absolute Gasteiger partial charge is 0.269 e. The van der Waals surface area contributed by atoms with E-state index in [1.807, 2.05) is 6.07 Å². The van der Waals surface area contributed by atoms with Crippen molar-refractivity contribution < 1.29 is 9.13 Å². The van der Waals surface area contributed by atoms with Gasteiger partial charge in [0, 0.05) is 22.7 Å². The predicted molar refractivity (Wildman–Crippen MR) is 95.4 cm³/mol. The molecule has 0 amide bonds. The molecule has 0 radical (unpaired) electrons. The summed E-state index contributed by atoms with van der Waals surface area (Å²) >= 11 is 1.26. The van der Waals surface area contributed by atoms with Crippen LogP contribution in [0.3, 0.4) is 0 Å². The number of halogens is 1. The molecule has 0 aliphatic rings. The number of pyridine rings is 1. The van der Waals surface area contributed by atoms with Crippen LogP contribution in [0.1, 0.15) is 0 Å². The molecule has 0 saturated carbocycles. The van der Waals surface area contributed by atoms with E-state index in [1.165, 1.54) is 30.6 Å². The summed E-state index contributed by atoms with van der Waals surface area (Å²) in [5.74, 6) is 0.501. The van der Waals surface area contributed by atoms with E-state index in [4.69, 9.17) is 4.74 Å². The molecular weight excluding hydrogens is 341 g/mol. The van der Waals surface area contributed by atoms with E-state index in [2.05, 4.69) is 15.0 Å². The number of thiophene rings is 1. The van der Waals surface area contributed by atoms with Crippen molar-refractivity contribution in [1.29, 1.82) is 0 Å². The minimum absolute atomic E-state index is 0.253. The van der Waals surface area contributed by atoms with Crippen LogP contribution in [-0.4, -0.2) is 22.1 Å². The first-order valence-corrected chi connectivity index (χ1v) is 8.32. The second-order valence-electron chi connectivity index (χ2n) is 5.30. The van der Waals surface area contributed by atoms with E-state index in [0.717, 1.165) is 0 Å². The largest absolute Gasteiger partial charge is 0.496 e. The summed E-state index contributed by atoms with van der Waals surface area (Å²) in [7, 11) is 1.52. The zero-order valence-electron chi connectivity index (χ0n) is 13.1. The third-order valence-electron chi connectivity index (χ3n) is 3.79. The van der Waals surface area contributed by atoms with Crippen molar-refractivity contribution >= 4 is 21.6 Å². The summed E-state index contributed by atoms with van der Waals surface area (Å²) in [6.45, 7) is 0. The first kappa shape index (κ1) is 15.5. The highest BCUT2D eigenvalue weighted by atomic mass is 32.1. The third-order valence-corrected chi connectivity index (χ3v) is 4.75. The minimum Gasteiger partial charge on any atom is -0.496 e. The molecule has 0 bridgehead atoms. The maximum atomic E-state index is 13.7. The normalized spacial score (nSPS) is 11.0. The van der Waals surface area contributed by atoms with Gasteiger partial charge in [0.2, 0.25) is 0 Å². The molecule has 4 rings (SSSR count). The van der Waals surface area contributed by atoms with Gasteiger partial charge in [-0.3, -0.25) is 9.78 Å². The Bertz CT molecular complexity index is 1120. The Morgan fingerprint density at radius 2 is 2.08 bits per heavy atom. The molecule has 3 heterocycles. The predicted octanol–water partition coefficient (Wildman–Crippen LogP) is 3.86. The van der Waals surface area contributed by atoms with Crippen molar-refractivity contribution in [1.82, 2.24) is 15.0 Å². The molecule has 0 aliphatic carbocycles. The number of nitrogens with zero attached hydrogens (tertiary/aromatic N) is 2. The second-order valence-corrected chi connectivity index (χ2v) is 6.18. The minimum atomic E-state index is -0.384. The quantitative estimate of drug-likeness (QED) is 0.607. The van der Waals surface area contributed by atoms with Crippen LogP contribution < -0.4 is 10.3 Å². The molecule has 0 atom stereocenters. The molecule has 1 aromatic carbocycles. The zero-order chi connectivity index (χ0) is 17.4. The lowest BCUT2D eigenvalue weighted by molar-refractivity contribution is 0.415. The number of aromatic nitrogens is 3. The summed E-state index contributed by atoms with van der Waals surface area (Å²) in [5, 5.41) is 1.78. The van der Waals surface area contributed by atoms with E-state index in [-0.39, 0.29) is 11.4 Å². The Morgan fingerprint density at radius 1 is 1.20 bits per heavy atom. The first-order chi connectivity index (χ1) is 12.2. The van der Waals surface area contributed by atoms with Crippen LogP contribution in [0.2, 0.25) is 0 Å². The van der Waals surface area contributed by atoms with Crippen molar-refractivity contribution in [2.75, 3.05) is 7.11 Å². The molecule has 5 nitrogen and oxygen atoms in total. The fraction of sp³-hybridized carbons (Fsp3) is 0.0556. The summed E-state index contributed by atoms with van der Waals surface area (Å²) in [6.07, 6.45) is 1.63. The summed E-state index contributed by atoms with van der Waals surface area (Å²) in [6, 6.07) is 9.63. The maximum absolute atomic E-state index is 13.7. The Labute approximate surface area is 145 Å². The number of fused-ring (bicyclic) bond motifs is 1. The van der Waals surface area contributed by atoms with Gasteiger partial charge in [0.15, 0.2) is 5.82 Å². The van der Waals surface area contributed by atoms with Crippen LogP contribution >= 0.6 is 11.3 Å². The van der Waals surface area contributed by atoms with E-state index in [1.54, 1.807) is 29.8 Å². The number of benzene rings is 1. The van der Waals surface area contributed by atoms with Gasteiger partial charge in [0.25, 0.3) is 5.56 Å². The van der Waals surface area contributed by atoms with E-state index in [9.17, 15) is 9.18 Å². The number of nitrogens with one attached hydrogen (secondary N) is 1. The highest BCUT2D eigenvalue weighted by Crippen LogP contribution is 2.37. The molecule has 0 saturated heterocycles. The number of aromatic amines is 1. The van der Waals surface area contributed by atoms with Crippen LogP contribution in [0.4, 0.5) is 4.39 Å². The third kappa shape index (κ3) is 2.68. The lowest BCUT2D eigenvalue weighted by Gasteiger charge is -2.08. The van der Waals surface area contributed by atoms with Gasteiger partial charge >= 0.3 is 0 Å². The van der Waals surface area contributed by atoms with Gasteiger partial charge in [0.05, 0.1) is 12.6 Å². The molecule has 3 aromatic heterocycles. The summed E-state index contributed by atoms with van der Waals surface area (Å²) < 4.78 is 19.6. The average molecular weight is 353 g/mol. The Balaban J connectivity index is 2.00. The highest BCUT2D eigenvalue weighted by Gasteiger charge is 2.17. The van der Waals surface area contributed by atoms with Gasteiger partial charge in [0.1, 0.15) is 22.0 Å². The van der Waals surface area contributed by atoms with Crippen LogP contribution in [0.5, 0.6) is 5.75 Å². The van der Waals surface area contributed by atoms with Gasteiger partial charge < -0.3 is 9.72 Å². The van der Waals surface area contributed by atoms with Crippen molar-refractivity contribution in [3.05, 3.63) is 64.1 Å². The first-order valence-electron chi connectivity index (χ1n) is 7.44. The fourth-order valence-electron chi connectivity index (χ4n) is 2.63. The lowest BCUT2D eigenvalue weighted by atomic mass is 10.1. The SMILES string of the molecule is COc1ccc(F)cc1-c1csc2c(=O)[nH]c(-c3ccccn3)nc12. The number of methoxy groups -OCH3 is 1. The van der Waals surface area contributed by atoms with E-state index >= 15 is 0 Å². The molecule has 0 spiro atoms. The number of H-pyrrole nitrogens is 1. The molecule has 0 fully saturated rings. The molecule has 25 heavy (non-hydrogen) atoms. The Hall–Kier alpha value is -3.06. The Kier molecular flexibility index (Phi) is 3.77. The van der Waals surface area contributed by atoms with Gasteiger partial charge in [-0.05, 0) is 30.3 Å². The summed E-state index contributed by atoms with van der Waals surface area (Å²) in [4.78, 5) is 23.9. The zero-order valence-corrected chi connectivity index (χ0v) is 13.9. The molecule has 1 N–H and O–H groups in total. The van der Waals surface area contributed by atoms with Gasteiger partial charge in [-0.25, -0.2) is 9.37 Å². The number of hydrogen-bond donors (Lipinski definition) is 1. The number of ether oxygens (including phenoxy) is 1. The number of hydrogen-bond acceptors (Lipinski definition) is 5. The average Bonchev–Trinajstić information content (AvgIpc) is 3.07. The number of rotatable bonds is 3. The van der Waals surface area contributed by atoms with Crippen LogP contribution in [0, 0.1) is 5.82 Å². The fourth-order valence-corrected chi connectivity index (χ4v) is 3.53. The van der Waals surface area contributed by atoms with E-state index in [0.29, 0.717) is 38.6 Å². The molecule has 0 unspecified atom stereocenters. The van der Waals surface area contributed by atoms with Crippen LogP contribution in [0.15, 0.2) is 52.8 Å². The van der Waals surface area contributed by atoms with Crippen molar-refractivity contribution in [2.45, 2.75) is 0 Å². The molecular formula is C18H12FN3O2S. The molecule has 0 aliphatic heterocycles. The van der Waals surface area contributed by atoms with Gasteiger partial charge in [-0.1, -0.05) is 6.07 Å². The lowest BCUT2D eigenvalue weighted by Crippen LogP contribution is -2.08. The van der Waals surface area contributed by atoms with Gasteiger partial charge in [-0.2, -0.15) is 0 Å². The Morgan fingerprint density at radius 3 is 2.84 bits per heavy atom. The monoisotopic (exact) mass is 353 g/mol. The molecule has 7 heteroatoms. The maximum Gasteiger partial charge on any atom is 0.269 e. The van der Waals surface area contributed by atoms with Crippen molar-refractivity contribution in [3.63, 3.8) is 0 Å². The van der Waals surface area contributed by atoms with Gasteiger partial charge in [-0.15, -0.1) is 11.3 Å². The summed E-state index contributed by atoms with van der Waals surface area (Å²) in [5.41, 5.74) is 2.01. The molecule has 4 aromatic rings. The standard InChI is InChI=1S/C18H12FN3O2S/c1-24-14-6-5-10(19)8-11(14)12-9-25-16-15(12)21-17(22-18(16)23)13-4-2-3-7-20-13/h2-9H,1H3,(H,21,22,23). The second kappa shape index (κ2) is 6.10. The van der Waals surface area contributed by atoms with Crippen molar-refractivity contribution in [2.24, 2.45) is 0 Å².